The fraction of sp³-hybridized carbons (Fsp3) is 0.261. The summed E-state index contributed by atoms with van der Waals surface area (Å²) in [6.07, 6.45) is 1.58. The van der Waals surface area contributed by atoms with Gasteiger partial charge >= 0.3 is 0 Å². The van der Waals surface area contributed by atoms with E-state index in [-0.39, 0.29) is 17.7 Å². The normalized spacial score (nSPS) is 10.8. The lowest BCUT2D eigenvalue weighted by Crippen LogP contribution is -2.18. The quantitative estimate of drug-likeness (QED) is 0.666. The Morgan fingerprint density at radius 3 is 2.38 bits per heavy atom. The van der Waals surface area contributed by atoms with Gasteiger partial charge in [-0.05, 0) is 50.1 Å². The minimum Gasteiger partial charge on any atom is -0.326 e. The predicted molar refractivity (Wildman–Crippen MR) is 116 cm³/mol. The maximum atomic E-state index is 12.9. The third-order valence-corrected chi connectivity index (χ3v) is 4.88. The molecule has 3 rings (SSSR count). The van der Waals surface area contributed by atoms with Crippen LogP contribution < -0.4 is 10.6 Å². The van der Waals surface area contributed by atoms with Crippen molar-refractivity contribution in [3.8, 4) is 5.69 Å². The van der Waals surface area contributed by atoms with Crippen LogP contribution in [0.25, 0.3) is 5.69 Å². The number of benzene rings is 2. The van der Waals surface area contributed by atoms with Crippen molar-refractivity contribution in [2.24, 2.45) is 5.92 Å². The molecule has 0 atom stereocenters. The van der Waals surface area contributed by atoms with Crippen LogP contribution in [0.1, 0.15) is 41.0 Å². The highest BCUT2D eigenvalue weighted by Crippen LogP contribution is 2.23. The summed E-state index contributed by atoms with van der Waals surface area (Å²) in [5.74, 6) is -0.427. The van der Waals surface area contributed by atoms with Gasteiger partial charge in [0.05, 0.1) is 23.1 Å². The Hall–Kier alpha value is -3.41. The van der Waals surface area contributed by atoms with E-state index in [0.717, 1.165) is 22.5 Å². The minimum atomic E-state index is -0.238. The minimum absolute atomic E-state index is 0.0681. The Kier molecular flexibility index (Phi) is 5.82. The van der Waals surface area contributed by atoms with Crippen molar-refractivity contribution in [3.05, 3.63) is 71.0 Å². The van der Waals surface area contributed by atoms with E-state index in [2.05, 4.69) is 15.7 Å². The van der Waals surface area contributed by atoms with Crippen molar-refractivity contribution in [2.75, 3.05) is 10.6 Å². The van der Waals surface area contributed by atoms with Crippen molar-refractivity contribution in [1.82, 2.24) is 9.78 Å². The average Bonchev–Trinajstić information content (AvgIpc) is 3.06. The number of rotatable bonds is 5. The zero-order chi connectivity index (χ0) is 21.1. The van der Waals surface area contributed by atoms with Crippen LogP contribution >= 0.6 is 0 Å². The van der Waals surface area contributed by atoms with Crippen LogP contribution in [0.4, 0.5) is 11.4 Å². The molecule has 2 aromatic carbocycles. The molecule has 6 nitrogen and oxygen atoms in total. The van der Waals surface area contributed by atoms with Crippen LogP contribution in [0.2, 0.25) is 0 Å². The van der Waals surface area contributed by atoms with Gasteiger partial charge in [0, 0.05) is 17.3 Å². The molecule has 150 valence electrons. The Morgan fingerprint density at radius 1 is 0.966 bits per heavy atom. The molecule has 0 aliphatic carbocycles. The first-order valence-corrected chi connectivity index (χ1v) is 9.61. The predicted octanol–water partition coefficient (Wildman–Crippen LogP) is 4.64. The smallest absolute Gasteiger partial charge is 0.259 e. The van der Waals surface area contributed by atoms with Gasteiger partial charge < -0.3 is 10.6 Å². The first-order valence-electron chi connectivity index (χ1n) is 9.61. The molecule has 0 bridgehead atoms. The lowest BCUT2D eigenvalue weighted by Gasteiger charge is -2.13. The fourth-order valence-electron chi connectivity index (χ4n) is 2.99. The monoisotopic (exact) mass is 390 g/mol. The topological polar surface area (TPSA) is 76.0 Å². The zero-order valence-electron chi connectivity index (χ0n) is 17.4. The number of nitrogens with zero attached hydrogens (tertiary/aromatic N) is 2. The lowest BCUT2D eigenvalue weighted by atomic mass is 10.1. The molecular weight excluding hydrogens is 364 g/mol. The van der Waals surface area contributed by atoms with Crippen LogP contribution in [0.15, 0.2) is 48.7 Å². The van der Waals surface area contributed by atoms with Crippen LogP contribution in [0, 0.1) is 26.7 Å². The molecule has 0 aliphatic heterocycles. The van der Waals surface area contributed by atoms with E-state index in [1.807, 2.05) is 71.0 Å². The second-order valence-corrected chi connectivity index (χ2v) is 7.47. The lowest BCUT2D eigenvalue weighted by molar-refractivity contribution is -0.118. The summed E-state index contributed by atoms with van der Waals surface area (Å²) in [6.45, 7) is 9.46. The molecule has 3 aromatic rings. The molecule has 0 aliphatic rings. The van der Waals surface area contributed by atoms with Gasteiger partial charge in [0.25, 0.3) is 5.91 Å². The standard InChI is InChI=1S/C23H26N4O2/c1-14(2)22(28)25-18-11-10-15(3)20(12-18)26-23(29)19-13-24-27(17(19)5)21-9-7-6-8-16(21)4/h6-14H,1-5H3,(H,25,28)(H,26,29). The fourth-order valence-corrected chi connectivity index (χ4v) is 2.99. The number of amides is 2. The summed E-state index contributed by atoms with van der Waals surface area (Å²) in [7, 11) is 0. The van der Waals surface area contributed by atoms with Crippen molar-refractivity contribution in [2.45, 2.75) is 34.6 Å². The van der Waals surface area contributed by atoms with Gasteiger partial charge in [-0.1, -0.05) is 38.1 Å². The van der Waals surface area contributed by atoms with E-state index in [0.29, 0.717) is 16.9 Å². The van der Waals surface area contributed by atoms with Gasteiger partial charge in [-0.25, -0.2) is 4.68 Å². The van der Waals surface area contributed by atoms with Crippen LogP contribution in [0.5, 0.6) is 0 Å². The number of nitrogens with one attached hydrogen (secondary N) is 2. The number of carbonyl (C=O) groups excluding carboxylic acids is 2. The number of aromatic nitrogens is 2. The molecule has 0 saturated heterocycles. The third kappa shape index (κ3) is 4.37. The van der Waals surface area contributed by atoms with Gasteiger partial charge in [-0.15, -0.1) is 0 Å². The summed E-state index contributed by atoms with van der Waals surface area (Å²) in [4.78, 5) is 24.9. The SMILES string of the molecule is Cc1ccc(NC(=O)C(C)C)cc1NC(=O)c1cnn(-c2ccccc2C)c1C. The highest BCUT2D eigenvalue weighted by atomic mass is 16.2. The second-order valence-electron chi connectivity index (χ2n) is 7.47. The number of hydrogen-bond acceptors (Lipinski definition) is 3. The van der Waals surface area contributed by atoms with E-state index in [1.165, 1.54) is 0 Å². The van der Waals surface area contributed by atoms with E-state index >= 15 is 0 Å². The van der Waals surface area contributed by atoms with Crippen LogP contribution in [0.3, 0.4) is 0 Å². The summed E-state index contributed by atoms with van der Waals surface area (Å²) in [5.41, 5.74) is 5.50. The molecule has 0 fully saturated rings. The molecule has 2 amide bonds. The Labute approximate surface area is 170 Å². The molecule has 29 heavy (non-hydrogen) atoms. The molecule has 1 aromatic heterocycles. The maximum Gasteiger partial charge on any atom is 0.259 e. The maximum absolute atomic E-state index is 12.9. The Balaban J connectivity index is 1.84. The Morgan fingerprint density at radius 2 is 1.69 bits per heavy atom. The van der Waals surface area contributed by atoms with E-state index in [1.54, 1.807) is 16.9 Å². The van der Waals surface area contributed by atoms with E-state index in [9.17, 15) is 9.59 Å². The zero-order valence-corrected chi connectivity index (χ0v) is 17.4. The van der Waals surface area contributed by atoms with Gasteiger partial charge in [0.15, 0.2) is 0 Å². The van der Waals surface area contributed by atoms with Crippen molar-refractivity contribution < 1.29 is 9.59 Å². The summed E-state index contributed by atoms with van der Waals surface area (Å²) >= 11 is 0. The molecule has 0 unspecified atom stereocenters. The highest BCUT2D eigenvalue weighted by Gasteiger charge is 2.17. The van der Waals surface area contributed by atoms with E-state index < -0.39 is 0 Å². The molecule has 0 radical (unpaired) electrons. The molecular formula is C23H26N4O2. The second kappa shape index (κ2) is 8.31. The van der Waals surface area contributed by atoms with Gasteiger partial charge in [0.2, 0.25) is 5.91 Å². The van der Waals surface area contributed by atoms with Gasteiger partial charge in [-0.2, -0.15) is 5.10 Å². The van der Waals surface area contributed by atoms with Crippen molar-refractivity contribution >= 4 is 23.2 Å². The number of aryl methyl sites for hydroxylation is 2. The first kappa shape index (κ1) is 20.3. The summed E-state index contributed by atoms with van der Waals surface area (Å²) in [5, 5.41) is 10.2. The first-order chi connectivity index (χ1) is 13.8. The number of carbonyl (C=O) groups is 2. The third-order valence-electron chi connectivity index (χ3n) is 4.88. The molecule has 0 spiro atoms. The summed E-state index contributed by atoms with van der Waals surface area (Å²) < 4.78 is 1.77. The van der Waals surface area contributed by atoms with Crippen molar-refractivity contribution in [3.63, 3.8) is 0 Å². The molecule has 0 saturated carbocycles. The average molecular weight is 390 g/mol. The highest BCUT2D eigenvalue weighted by molar-refractivity contribution is 6.05. The number of para-hydroxylation sites is 1. The van der Waals surface area contributed by atoms with E-state index in [4.69, 9.17) is 0 Å². The number of hydrogen-bond donors (Lipinski definition) is 2. The molecule has 2 N–H and O–H groups in total. The Bertz CT molecular complexity index is 1070. The van der Waals surface area contributed by atoms with Gasteiger partial charge in [0.1, 0.15) is 0 Å². The van der Waals surface area contributed by atoms with Gasteiger partial charge in [-0.3, -0.25) is 9.59 Å². The largest absolute Gasteiger partial charge is 0.326 e. The van der Waals surface area contributed by atoms with Crippen LogP contribution in [-0.2, 0) is 4.79 Å². The molecule has 6 heteroatoms. The summed E-state index contributed by atoms with van der Waals surface area (Å²) in [6, 6.07) is 13.4. The van der Waals surface area contributed by atoms with Crippen molar-refractivity contribution in [1.29, 1.82) is 0 Å². The van der Waals surface area contributed by atoms with Crippen LogP contribution in [-0.4, -0.2) is 21.6 Å². The number of anilines is 2. The molecule has 1 heterocycles.